The minimum Gasteiger partial charge on any atom is -0.423 e. The van der Waals surface area contributed by atoms with Crippen molar-refractivity contribution >= 4 is 17.1 Å². The molecule has 120 valence electrons. The number of fused-ring (bicyclic) bond motifs is 1. The lowest BCUT2D eigenvalue weighted by molar-refractivity contribution is 0.456. The summed E-state index contributed by atoms with van der Waals surface area (Å²) in [5, 5.41) is 12.7. The molecule has 1 aliphatic rings. The second-order valence-electron chi connectivity index (χ2n) is 5.94. The molecule has 4 rings (SSSR count). The summed E-state index contributed by atoms with van der Waals surface area (Å²) >= 11 is 0. The molecular formula is C18H17N5O. The number of anilines is 1. The first kappa shape index (κ1) is 14.7. The molecule has 0 aliphatic carbocycles. The second kappa shape index (κ2) is 5.95. The van der Waals surface area contributed by atoms with Gasteiger partial charge in [0.2, 0.25) is 0 Å². The topological polar surface area (TPSA) is 78.0 Å². The molecule has 1 N–H and O–H groups in total. The SMILES string of the molecule is CC1CNCCN1c1nc2cc(C#N)cc(-c3ccccn3)c2o1. The maximum absolute atomic E-state index is 9.32. The van der Waals surface area contributed by atoms with Crippen molar-refractivity contribution in [1.29, 1.82) is 5.26 Å². The normalized spacial score (nSPS) is 17.8. The van der Waals surface area contributed by atoms with Gasteiger partial charge in [0.15, 0.2) is 5.58 Å². The molecule has 6 nitrogen and oxygen atoms in total. The van der Waals surface area contributed by atoms with Gasteiger partial charge in [0.25, 0.3) is 6.01 Å². The number of oxazole rings is 1. The molecule has 0 bridgehead atoms. The molecule has 3 aromatic rings. The van der Waals surface area contributed by atoms with Crippen LogP contribution in [0.25, 0.3) is 22.4 Å². The third-order valence-electron chi connectivity index (χ3n) is 4.30. The Morgan fingerprint density at radius 3 is 3.04 bits per heavy atom. The van der Waals surface area contributed by atoms with Crippen LogP contribution in [0.3, 0.4) is 0 Å². The first-order valence-electron chi connectivity index (χ1n) is 7.99. The minimum absolute atomic E-state index is 0.306. The standard InChI is InChI=1S/C18H17N5O/c1-12-11-20-6-7-23(12)18-22-16-9-13(10-19)8-14(17(16)24-18)15-4-2-3-5-21-15/h2-5,8-9,12,20H,6-7,11H2,1H3. The highest BCUT2D eigenvalue weighted by molar-refractivity contribution is 5.91. The van der Waals surface area contributed by atoms with Crippen LogP contribution in [0.4, 0.5) is 6.01 Å². The average molecular weight is 319 g/mol. The molecule has 3 heterocycles. The van der Waals surface area contributed by atoms with Crippen LogP contribution in [0.15, 0.2) is 40.9 Å². The number of hydrogen-bond donors (Lipinski definition) is 1. The quantitative estimate of drug-likeness (QED) is 0.782. The fourth-order valence-electron chi connectivity index (χ4n) is 3.05. The first-order valence-corrected chi connectivity index (χ1v) is 7.99. The van der Waals surface area contributed by atoms with Crippen molar-refractivity contribution in [3.63, 3.8) is 0 Å². The summed E-state index contributed by atoms with van der Waals surface area (Å²) < 4.78 is 6.10. The molecule has 1 aliphatic heterocycles. The van der Waals surface area contributed by atoms with Crippen LogP contribution in [0.1, 0.15) is 12.5 Å². The van der Waals surface area contributed by atoms with Gasteiger partial charge in [-0.25, -0.2) is 0 Å². The van der Waals surface area contributed by atoms with Gasteiger partial charge in [-0.05, 0) is 31.2 Å². The van der Waals surface area contributed by atoms with Crippen molar-refractivity contribution in [3.05, 3.63) is 42.1 Å². The van der Waals surface area contributed by atoms with Gasteiger partial charge in [-0.3, -0.25) is 4.98 Å². The van der Waals surface area contributed by atoms with E-state index < -0.39 is 0 Å². The van der Waals surface area contributed by atoms with Crippen molar-refractivity contribution in [3.8, 4) is 17.3 Å². The fourth-order valence-corrected chi connectivity index (χ4v) is 3.05. The zero-order valence-corrected chi connectivity index (χ0v) is 13.4. The Labute approximate surface area is 139 Å². The third kappa shape index (κ3) is 2.49. The first-order chi connectivity index (χ1) is 11.8. The summed E-state index contributed by atoms with van der Waals surface area (Å²) in [6, 6.07) is 12.4. The van der Waals surface area contributed by atoms with Gasteiger partial charge in [0.1, 0.15) is 5.52 Å². The highest BCUT2D eigenvalue weighted by Crippen LogP contribution is 2.32. The molecule has 0 saturated carbocycles. The number of piperazine rings is 1. The van der Waals surface area contributed by atoms with Crippen LogP contribution in [0.2, 0.25) is 0 Å². The van der Waals surface area contributed by atoms with E-state index in [1.54, 1.807) is 18.3 Å². The Hall–Kier alpha value is -2.91. The second-order valence-corrected chi connectivity index (χ2v) is 5.94. The Morgan fingerprint density at radius 1 is 1.38 bits per heavy atom. The van der Waals surface area contributed by atoms with Crippen LogP contribution in [0, 0.1) is 11.3 Å². The highest BCUT2D eigenvalue weighted by Gasteiger charge is 2.24. The summed E-state index contributed by atoms with van der Waals surface area (Å²) in [6.45, 7) is 4.79. The van der Waals surface area contributed by atoms with Gasteiger partial charge >= 0.3 is 0 Å². The Bertz CT molecular complexity index is 912. The average Bonchev–Trinajstić information content (AvgIpc) is 3.05. The van der Waals surface area contributed by atoms with Crippen molar-refractivity contribution in [2.24, 2.45) is 0 Å². The van der Waals surface area contributed by atoms with Crippen molar-refractivity contribution in [2.75, 3.05) is 24.5 Å². The number of nitrogens with one attached hydrogen (secondary N) is 1. The molecule has 1 fully saturated rings. The molecule has 1 saturated heterocycles. The molecular weight excluding hydrogens is 302 g/mol. The molecule has 1 aromatic carbocycles. The van der Waals surface area contributed by atoms with Crippen LogP contribution in [-0.2, 0) is 0 Å². The lowest BCUT2D eigenvalue weighted by atomic mass is 10.1. The van der Waals surface area contributed by atoms with Gasteiger partial charge in [0.05, 0.1) is 17.3 Å². The predicted octanol–water partition coefficient (Wildman–Crippen LogP) is 2.56. The molecule has 0 amide bonds. The molecule has 0 spiro atoms. The molecule has 0 radical (unpaired) electrons. The van der Waals surface area contributed by atoms with Crippen molar-refractivity contribution in [2.45, 2.75) is 13.0 Å². The summed E-state index contributed by atoms with van der Waals surface area (Å²) in [7, 11) is 0. The van der Waals surface area contributed by atoms with Crippen molar-refractivity contribution in [1.82, 2.24) is 15.3 Å². The van der Waals surface area contributed by atoms with Gasteiger partial charge in [-0.1, -0.05) is 6.07 Å². The van der Waals surface area contributed by atoms with E-state index in [4.69, 9.17) is 4.42 Å². The van der Waals surface area contributed by atoms with E-state index in [1.165, 1.54) is 0 Å². The van der Waals surface area contributed by atoms with E-state index in [-0.39, 0.29) is 0 Å². The van der Waals surface area contributed by atoms with Crippen molar-refractivity contribution < 1.29 is 4.42 Å². The Kier molecular flexibility index (Phi) is 3.63. The van der Waals surface area contributed by atoms with E-state index in [1.807, 2.05) is 18.2 Å². The third-order valence-corrected chi connectivity index (χ3v) is 4.30. The van der Waals surface area contributed by atoms with Gasteiger partial charge in [-0.15, -0.1) is 0 Å². The lowest BCUT2D eigenvalue weighted by Crippen LogP contribution is -2.50. The monoisotopic (exact) mass is 319 g/mol. The summed E-state index contributed by atoms with van der Waals surface area (Å²) in [6.07, 6.45) is 1.73. The molecule has 1 atom stereocenters. The Balaban J connectivity index is 1.88. The number of nitriles is 1. The number of rotatable bonds is 2. The van der Waals surface area contributed by atoms with Crippen LogP contribution < -0.4 is 10.2 Å². The van der Waals surface area contributed by atoms with E-state index in [9.17, 15) is 5.26 Å². The molecule has 24 heavy (non-hydrogen) atoms. The van der Waals surface area contributed by atoms with Gasteiger partial charge < -0.3 is 14.6 Å². The van der Waals surface area contributed by atoms with Gasteiger partial charge in [0, 0.05) is 37.4 Å². The molecule has 2 aromatic heterocycles. The number of benzene rings is 1. The van der Waals surface area contributed by atoms with Crippen LogP contribution >= 0.6 is 0 Å². The summed E-state index contributed by atoms with van der Waals surface area (Å²) in [5.74, 6) is 0. The smallest absolute Gasteiger partial charge is 0.298 e. The van der Waals surface area contributed by atoms with E-state index in [0.29, 0.717) is 28.7 Å². The lowest BCUT2D eigenvalue weighted by Gasteiger charge is -2.32. The number of aromatic nitrogens is 2. The van der Waals surface area contributed by atoms with E-state index in [0.717, 1.165) is 30.9 Å². The molecule has 6 heteroatoms. The number of nitrogens with zero attached hydrogens (tertiary/aromatic N) is 4. The highest BCUT2D eigenvalue weighted by atomic mass is 16.4. The van der Waals surface area contributed by atoms with Gasteiger partial charge in [-0.2, -0.15) is 10.2 Å². The largest absolute Gasteiger partial charge is 0.423 e. The summed E-state index contributed by atoms with van der Waals surface area (Å²) in [5.41, 5.74) is 3.49. The number of pyridine rings is 1. The fraction of sp³-hybridized carbons (Fsp3) is 0.278. The minimum atomic E-state index is 0.306. The maximum atomic E-state index is 9.32. The zero-order chi connectivity index (χ0) is 16.5. The maximum Gasteiger partial charge on any atom is 0.298 e. The Morgan fingerprint density at radius 2 is 2.29 bits per heavy atom. The number of hydrogen-bond acceptors (Lipinski definition) is 6. The van der Waals surface area contributed by atoms with E-state index in [2.05, 4.69) is 33.2 Å². The predicted molar refractivity (Wildman–Crippen MR) is 91.6 cm³/mol. The van der Waals surface area contributed by atoms with Crippen LogP contribution in [0.5, 0.6) is 0 Å². The summed E-state index contributed by atoms with van der Waals surface area (Å²) in [4.78, 5) is 11.2. The zero-order valence-electron chi connectivity index (χ0n) is 13.4. The molecule has 1 unspecified atom stereocenters. The van der Waals surface area contributed by atoms with Crippen LogP contribution in [-0.4, -0.2) is 35.6 Å². The van der Waals surface area contributed by atoms with E-state index >= 15 is 0 Å².